The van der Waals surface area contributed by atoms with Crippen molar-refractivity contribution < 1.29 is 4.39 Å². The minimum Gasteiger partial charge on any atom is -0.369 e. The molecular weight excluding hydrogens is 251 g/mol. The predicted octanol–water partition coefficient (Wildman–Crippen LogP) is 3.73. The monoisotopic (exact) mass is 278 g/mol. The molecule has 0 saturated heterocycles. The number of nitrogens with two attached hydrogens (primary N) is 1. The number of halogens is 1. The highest BCUT2D eigenvalue weighted by molar-refractivity contribution is 5.55. The first kappa shape index (κ1) is 15.3. The van der Waals surface area contributed by atoms with Crippen molar-refractivity contribution in [3.05, 3.63) is 29.6 Å². The van der Waals surface area contributed by atoms with Gasteiger partial charge in [0.1, 0.15) is 5.82 Å². The standard InChI is InChI=1S/C17H27FN2/c1-4-14(19)10-15-16(18)6-5-7-17(15)20(12(2)3)11-13-8-9-13/h5-7,12-14H,4,8-11,19H2,1-3H3. The minimum atomic E-state index is -0.118. The summed E-state index contributed by atoms with van der Waals surface area (Å²) in [7, 11) is 0. The normalized spacial score (nSPS) is 16.5. The highest BCUT2D eigenvalue weighted by Gasteiger charge is 2.27. The van der Waals surface area contributed by atoms with Gasteiger partial charge < -0.3 is 10.6 Å². The molecule has 1 aromatic rings. The zero-order chi connectivity index (χ0) is 14.7. The van der Waals surface area contributed by atoms with E-state index >= 15 is 0 Å². The van der Waals surface area contributed by atoms with Gasteiger partial charge >= 0.3 is 0 Å². The van der Waals surface area contributed by atoms with Gasteiger partial charge in [0, 0.05) is 29.9 Å². The second-order valence-corrected chi connectivity index (χ2v) is 6.30. The fourth-order valence-corrected chi connectivity index (χ4v) is 2.59. The molecule has 1 atom stereocenters. The summed E-state index contributed by atoms with van der Waals surface area (Å²) in [5.41, 5.74) is 7.87. The van der Waals surface area contributed by atoms with Crippen LogP contribution in [0.2, 0.25) is 0 Å². The number of rotatable bonds is 7. The molecule has 0 bridgehead atoms. The third-order valence-electron chi connectivity index (χ3n) is 4.17. The van der Waals surface area contributed by atoms with Crippen molar-refractivity contribution in [3.63, 3.8) is 0 Å². The van der Waals surface area contributed by atoms with E-state index in [9.17, 15) is 4.39 Å². The topological polar surface area (TPSA) is 29.3 Å². The van der Waals surface area contributed by atoms with Crippen LogP contribution in [0.25, 0.3) is 0 Å². The van der Waals surface area contributed by atoms with Gasteiger partial charge in [0.2, 0.25) is 0 Å². The third-order valence-corrected chi connectivity index (χ3v) is 4.17. The lowest BCUT2D eigenvalue weighted by atomic mass is 10.0. The Labute approximate surface area is 122 Å². The number of hydrogen-bond donors (Lipinski definition) is 1. The maximum Gasteiger partial charge on any atom is 0.128 e. The molecule has 1 saturated carbocycles. The van der Waals surface area contributed by atoms with E-state index in [0.29, 0.717) is 12.5 Å². The van der Waals surface area contributed by atoms with Crippen LogP contribution in [-0.2, 0) is 6.42 Å². The molecule has 0 aromatic heterocycles. The molecule has 0 radical (unpaired) electrons. The summed E-state index contributed by atoms with van der Waals surface area (Å²) in [5.74, 6) is 0.668. The Kier molecular flexibility index (Phi) is 5.03. The molecule has 1 aliphatic rings. The number of anilines is 1. The Bertz CT molecular complexity index is 441. The Hall–Kier alpha value is -1.09. The van der Waals surface area contributed by atoms with Crippen molar-refractivity contribution in [2.24, 2.45) is 11.7 Å². The first-order chi connectivity index (χ1) is 9.52. The lowest BCUT2D eigenvalue weighted by Crippen LogP contribution is -2.34. The number of benzene rings is 1. The molecule has 0 amide bonds. The van der Waals surface area contributed by atoms with Gasteiger partial charge in [-0.05, 0) is 57.6 Å². The SMILES string of the molecule is CCC(N)Cc1c(F)cccc1N(CC1CC1)C(C)C. The van der Waals surface area contributed by atoms with E-state index in [-0.39, 0.29) is 11.9 Å². The summed E-state index contributed by atoms with van der Waals surface area (Å²) >= 11 is 0. The summed E-state index contributed by atoms with van der Waals surface area (Å²) in [6.07, 6.45) is 4.11. The molecule has 1 aliphatic carbocycles. The van der Waals surface area contributed by atoms with E-state index in [1.165, 1.54) is 12.8 Å². The predicted molar refractivity (Wildman–Crippen MR) is 83.6 cm³/mol. The maximum atomic E-state index is 14.2. The van der Waals surface area contributed by atoms with E-state index in [2.05, 4.69) is 25.7 Å². The average Bonchev–Trinajstić information content (AvgIpc) is 3.22. The Morgan fingerprint density at radius 1 is 1.35 bits per heavy atom. The average molecular weight is 278 g/mol. The number of nitrogens with zero attached hydrogens (tertiary/aromatic N) is 1. The molecule has 0 spiro atoms. The van der Waals surface area contributed by atoms with Gasteiger partial charge in [0.15, 0.2) is 0 Å². The van der Waals surface area contributed by atoms with Gasteiger partial charge in [-0.3, -0.25) is 0 Å². The lowest BCUT2D eigenvalue weighted by Gasteiger charge is -2.31. The summed E-state index contributed by atoms with van der Waals surface area (Å²) in [6.45, 7) is 7.44. The quantitative estimate of drug-likeness (QED) is 0.823. The van der Waals surface area contributed by atoms with E-state index < -0.39 is 0 Å². The van der Waals surface area contributed by atoms with Crippen molar-refractivity contribution >= 4 is 5.69 Å². The Balaban J connectivity index is 2.29. The molecule has 112 valence electrons. The van der Waals surface area contributed by atoms with Crippen LogP contribution in [0.15, 0.2) is 18.2 Å². The van der Waals surface area contributed by atoms with Crippen molar-refractivity contribution in [3.8, 4) is 0 Å². The molecule has 3 heteroatoms. The van der Waals surface area contributed by atoms with E-state index in [1.54, 1.807) is 6.07 Å². The van der Waals surface area contributed by atoms with Crippen LogP contribution in [0.4, 0.5) is 10.1 Å². The molecular formula is C17H27FN2. The van der Waals surface area contributed by atoms with Crippen LogP contribution >= 0.6 is 0 Å². The van der Waals surface area contributed by atoms with E-state index in [1.807, 2.05) is 12.1 Å². The Morgan fingerprint density at radius 2 is 2.05 bits per heavy atom. The zero-order valence-electron chi connectivity index (χ0n) is 12.9. The maximum absolute atomic E-state index is 14.2. The number of hydrogen-bond acceptors (Lipinski definition) is 2. The van der Waals surface area contributed by atoms with Crippen LogP contribution < -0.4 is 10.6 Å². The van der Waals surface area contributed by atoms with Crippen LogP contribution in [0.5, 0.6) is 0 Å². The second-order valence-electron chi connectivity index (χ2n) is 6.30. The molecule has 2 nitrogen and oxygen atoms in total. The van der Waals surface area contributed by atoms with Crippen LogP contribution in [0.3, 0.4) is 0 Å². The largest absolute Gasteiger partial charge is 0.369 e. The second kappa shape index (κ2) is 6.57. The van der Waals surface area contributed by atoms with Gasteiger partial charge in [-0.25, -0.2) is 4.39 Å². The lowest BCUT2D eigenvalue weighted by molar-refractivity contribution is 0.570. The van der Waals surface area contributed by atoms with Gasteiger partial charge in [-0.1, -0.05) is 13.0 Å². The fourth-order valence-electron chi connectivity index (χ4n) is 2.59. The van der Waals surface area contributed by atoms with Crippen LogP contribution in [-0.4, -0.2) is 18.6 Å². The summed E-state index contributed by atoms with van der Waals surface area (Å²) in [6, 6.07) is 5.82. The molecule has 2 N–H and O–H groups in total. The first-order valence-corrected chi connectivity index (χ1v) is 7.82. The summed E-state index contributed by atoms with van der Waals surface area (Å²) in [5, 5.41) is 0. The molecule has 1 fully saturated rings. The molecule has 1 unspecified atom stereocenters. The smallest absolute Gasteiger partial charge is 0.128 e. The Morgan fingerprint density at radius 3 is 2.60 bits per heavy atom. The molecule has 20 heavy (non-hydrogen) atoms. The fraction of sp³-hybridized carbons (Fsp3) is 0.647. The third kappa shape index (κ3) is 3.72. The van der Waals surface area contributed by atoms with E-state index in [4.69, 9.17) is 5.73 Å². The van der Waals surface area contributed by atoms with Crippen molar-refractivity contribution in [2.45, 2.75) is 58.5 Å². The van der Waals surface area contributed by atoms with Gasteiger partial charge in [0.25, 0.3) is 0 Å². The van der Waals surface area contributed by atoms with Gasteiger partial charge in [-0.2, -0.15) is 0 Å². The van der Waals surface area contributed by atoms with Crippen LogP contribution in [0, 0.1) is 11.7 Å². The molecule has 0 heterocycles. The van der Waals surface area contributed by atoms with Crippen molar-refractivity contribution in [1.82, 2.24) is 0 Å². The van der Waals surface area contributed by atoms with Crippen molar-refractivity contribution in [2.75, 3.05) is 11.4 Å². The van der Waals surface area contributed by atoms with Crippen LogP contribution in [0.1, 0.15) is 45.6 Å². The highest BCUT2D eigenvalue weighted by Crippen LogP contribution is 2.34. The van der Waals surface area contributed by atoms with E-state index in [0.717, 1.165) is 30.1 Å². The molecule has 0 aliphatic heterocycles. The van der Waals surface area contributed by atoms with Crippen molar-refractivity contribution in [1.29, 1.82) is 0 Å². The molecule has 2 rings (SSSR count). The first-order valence-electron chi connectivity index (χ1n) is 7.82. The highest BCUT2D eigenvalue weighted by atomic mass is 19.1. The summed E-state index contributed by atoms with van der Waals surface area (Å²) < 4.78 is 14.2. The summed E-state index contributed by atoms with van der Waals surface area (Å²) in [4.78, 5) is 2.35. The zero-order valence-corrected chi connectivity index (χ0v) is 12.9. The minimum absolute atomic E-state index is 0.0283. The van der Waals surface area contributed by atoms with Gasteiger partial charge in [-0.15, -0.1) is 0 Å². The molecule has 1 aromatic carbocycles. The van der Waals surface area contributed by atoms with Gasteiger partial charge in [0.05, 0.1) is 0 Å².